The number of pyridine rings is 1. The van der Waals surface area contributed by atoms with E-state index in [4.69, 9.17) is 9.47 Å². The Kier molecular flexibility index (Phi) is 5.98. The van der Waals surface area contributed by atoms with E-state index in [-0.39, 0.29) is 43.1 Å². The van der Waals surface area contributed by atoms with Gasteiger partial charge in [-0.25, -0.2) is 9.18 Å². The molecule has 3 aromatic rings. The van der Waals surface area contributed by atoms with Gasteiger partial charge >= 0.3 is 18.0 Å². The Morgan fingerprint density at radius 3 is 2.58 bits per heavy atom. The van der Waals surface area contributed by atoms with Gasteiger partial charge in [0.25, 0.3) is 0 Å². The van der Waals surface area contributed by atoms with Gasteiger partial charge in [-0.3, -0.25) is 14.5 Å². The van der Waals surface area contributed by atoms with Crippen molar-refractivity contribution in [3.8, 4) is 17.4 Å². The van der Waals surface area contributed by atoms with Gasteiger partial charge in [0.2, 0.25) is 5.88 Å². The average molecular weight is 571 g/mol. The lowest BCUT2D eigenvalue weighted by Gasteiger charge is -2.38. The summed E-state index contributed by atoms with van der Waals surface area (Å²) in [5.41, 5.74) is -2.07. The van der Waals surface area contributed by atoms with Gasteiger partial charge in [-0.2, -0.15) is 31.3 Å². The standard InChI is InChI=1S/C25H20F7N5O3/c26-17-5-14(1-2-18(17)40-16-3-4-33-19(6-16)25(30,31)32)10-39-20-7-21-36(22(38)34-20)12-23-8-15(9-37(21)23)35(11-23)13-24(27,28)29/h1-7,15H,8-13H2/t15-,23-/m0/s1. The molecule has 6 rings (SSSR count). The summed E-state index contributed by atoms with van der Waals surface area (Å²) in [6.45, 7) is -0.433. The molecule has 15 heteroatoms. The van der Waals surface area contributed by atoms with Crippen molar-refractivity contribution in [2.75, 3.05) is 24.5 Å². The first-order chi connectivity index (χ1) is 18.8. The predicted molar refractivity (Wildman–Crippen MR) is 125 cm³/mol. The summed E-state index contributed by atoms with van der Waals surface area (Å²) in [7, 11) is 0. The van der Waals surface area contributed by atoms with Crippen LogP contribution in [-0.4, -0.2) is 56.8 Å². The molecule has 212 valence electrons. The highest BCUT2D eigenvalue weighted by molar-refractivity contribution is 5.53. The molecule has 1 aromatic carbocycles. The second-order valence-corrected chi connectivity index (χ2v) is 10.1. The van der Waals surface area contributed by atoms with E-state index >= 15 is 0 Å². The van der Waals surface area contributed by atoms with Crippen LogP contribution in [-0.2, 0) is 19.3 Å². The first-order valence-electron chi connectivity index (χ1n) is 12.1. The Bertz CT molecular complexity index is 1530. The van der Waals surface area contributed by atoms with Crippen LogP contribution in [0.25, 0.3) is 0 Å². The van der Waals surface area contributed by atoms with Crippen LogP contribution in [0.15, 0.2) is 47.4 Å². The van der Waals surface area contributed by atoms with E-state index in [0.717, 1.165) is 18.3 Å². The lowest BCUT2D eigenvalue weighted by Crippen LogP contribution is -2.54. The van der Waals surface area contributed by atoms with E-state index < -0.39 is 41.6 Å². The van der Waals surface area contributed by atoms with Crippen molar-refractivity contribution in [2.45, 2.75) is 43.5 Å². The van der Waals surface area contributed by atoms with Gasteiger partial charge in [0, 0.05) is 37.5 Å². The van der Waals surface area contributed by atoms with Gasteiger partial charge < -0.3 is 14.4 Å². The molecule has 0 aliphatic carbocycles. The molecule has 0 radical (unpaired) electrons. The molecule has 2 bridgehead atoms. The van der Waals surface area contributed by atoms with Crippen molar-refractivity contribution in [3.63, 3.8) is 0 Å². The molecule has 2 atom stereocenters. The highest BCUT2D eigenvalue weighted by Gasteiger charge is 2.59. The number of aromatic nitrogens is 3. The molecule has 5 heterocycles. The zero-order valence-electron chi connectivity index (χ0n) is 20.5. The Morgan fingerprint density at radius 1 is 1.05 bits per heavy atom. The van der Waals surface area contributed by atoms with Crippen LogP contribution in [0.2, 0.25) is 0 Å². The van der Waals surface area contributed by atoms with E-state index in [1.54, 1.807) is 6.07 Å². The van der Waals surface area contributed by atoms with E-state index in [2.05, 4.69) is 9.97 Å². The van der Waals surface area contributed by atoms with Crippen molar-refractivity contribution in [1.29, 1.82) is 0 Å². The minimum atomic E-state index is -4.68. The number of anilines is 1. The fourth-order valence-electron chi connectivity index (χ4n) is 5.72. The lowest BCUT2D eigenvalue weighted by molar-refractivity contribution is -0.148. The third kappa shape index (κ3) is 4.82. The third-order valence-corrected chi connectivity index (χ3v) is 7.31. The maximum atomic E-state index is 14.6. The van der Waals surface area contributed by atoms with Crippen molar-refractivity contribution < 1.29 is 40.2 Å². The maximum absolute atomic E-state index is 14.6. The maximum Gasteiger partial charge on any atom is 0.433 e. The van der Waals surface area contributed by atoms with Crippen molar-refractivity contribution in [1.82, 2.24) is 19.4 Å². The van der Waals surface area contributed by atoms with Gasteiger partial charge in [-0.15, -0.1) is 0 Å². The quantitative estimate of drug-likeness (QED) is 0.407. The number of hydrogen-bond donors (Lipinski definition) is 0. The van der Waals surface area contributed by atoms with Gasteiger partial charge in [-0.05, 0) is 30.2 Å². The molecule has 40 heavy (non-hydrogen) atoms. The summed E-state index contributed by atoms with van der Waals surface area (Å²) in [6.07, 6.45) is -7.59. The van der Waals surface area contributed by atoms with Gasteiger partial charge in [-0.1, -0.05) is 6.07 Å². The number of piperazine rings is 1. The zero-order valence-corrected chi connectivity index (χ0v) is 20.5. The topological polar surface area (TPSA) is 72.7 Å². The smallest absolute Gasteiger partial charge is 0.433 e. The molecule has 0 N–H and O–H groups in total. The number of ether oxygens (including phenoxy) is 2. The average Bonchev–Trinajstić information content (AvgIpc) is 3.49. The third-order valence-electron chi connectivity index (χ3n) is 7.31. The Labute approximate surface area is 221 Å². The molecular formula is C25H20F7N5O3. The number of fused-ring (bicyclic) bond motifs is 3. The zero-order chi connectivity index (χ0) is 28.4. The van der Waals surface area contributed by atoms with Crippen molar-refractivity contribution in [2.24, 2.45) is 0 Å². The highest BCUT2D eigenvalue weighted by atomic mass is 19.4. The van der Waals surface area contributed by atoms with Crippen LogP contribution >= 0.6 is 0 Å². The first-order valence-corrected chi connectivity index (χ1v) is 12.1. The van der Waals surface area contributed by atoms with Crippen LogP contribution in [0.1, 0.15) is 17.7 Å². The molecule has 8 nitrogen and oxygen atoms in total. The summed E-state index contributed by atoms with van der Waals surface area (Å²) in [5, 5.41) is 0. The van der Waals surface area contributed by atoms with Crippen LogP contribution in [0, 0.1) is 5.82 Å². The minimum absolute atomic E-state index is 0.0274. The summed E-state index contributed by atoms with van der Waals surface area (Å²) in [5.74, 6) is -0.934. The summed E-state index contributed by atoms with van der Waals surface area (Å²) < 4.78 is 104. The van der Waals surface area contributed by atoms with E-state index in [1.807, 2.05) is 4.90 Å². The molecule has 3 aliphatic rings. The Morgan fingerprint density at radius 2 is 1.85 bits per heavy atom. The number of likely N-dealkylation sites (tertiary alicyclic amines) is 1. The largest absolute Gasteiger partial charge is 0.473 e. The van der Waals surface area contributed by atoms with E-state index in [0.29, 0.717) is 30.4 Å². The van der Waals surface area contributed by atoms with E-state index in [1.165, 1.54) is 21.6 Å². The summed E-state index contributed by atoms with van der Waals surface area (Å²) >= 11 is 0. The molecule has 1 spiro atoms. The van der Waals surface area contributed by atoms with Gasteiger partial charge in [0.15, 0.2) is 11.6 Å². The normalized spacial score (nSPS) is 22.0. The summed E-state index contributed by atoms with van der Waals surface area (Å²) in [6, 6.07) is 6.81. The first kappa shape index (κ1) is 26.3. The van der Waals surface area contributed by atoms with Crippen LogP contribution in [0.5, 0.6) is 17.4 Å². The second-order valence-electron chi connectivity index (χ2n) is 10.1. The SMILES string of the molecule is O=c1nc(OCc2ccc(Oc3ccnc(C(F)(F)F)c3)c(F)c2)cc2n1C[C@@]13C[C@@H](CN21)N(CC(F)(F)F)C3. The van der Waals surface area contributed by atoms with Crippen LogP contribution in [0.4, 0.5) is 36.6 Å². The van der Waals surface area contributed by atoms with Gasteiger partial charge in [0.1, 0.15) is 23.9 Å². The summed E-state index contributed by atoms with van der Waals surface area (Å²) in [4.78, 5) is 23.2. The Hall–Kier alpha value is -3.88. The number of alkyl halides is 6. The number of hydrogen-bond acceptors (Lipinski definition) is 7. The molecule has 3 aliphatic heterocycles. The number of rotatable bonds is 6. The van der Waals surface area contributed by atoms with Crippen molar-refractivity contribution >= 4 is 5.82 Å². The number of benzene rings is 1. The number of halogens is 7. The van der Waals surface area contributed by atoms with Crippen molar-refractivity contribution in [3.05, 3.63) is 70.2 Å². The molecule has 2 aromatic heterocycles. The molecule has 0 amide bonds. The predicted octanol–water partition coefficient (Wildman–Crippen LogP) is 4.38. The molecule has 0 saturated carbocycles. The Balaban J connectivity index is 1.13. The van der Waals surface area contributed by atoms with E-state index in [9.17, 15) is 35.5 Å². The number of nitrogens with zero attached hydrogens (tertiary/aromatic N) is 5. The van der Waals surface area contributed by atoms with Crippen LogP contribution < -0.4 is 20.1 Å². The lowest BCUT2D eigenvalue weighted by atomic mass is 10.0. The fourth-order valence-corrected chi connectivity index (χ4v) is 5.72. The molecule has 0 unspecified atom stereocenters. The molecular weight excluding hydrogens is 551 g/mol. The minimum Gasteiger partial charge on any atom is -0.473 e. The fraction of sp³-hybridized carbons (Fsp3) is 0.400. The highest BCUT2D eigenvalue weighted by Crippen LogP contribution is 2.48. The van der Waals surface area contributed by atoms with Crippen LogP contribution in [0.3, 0.4) is 0 Å². The molecule has 2 saturated heterocycles. The monoisotopic (exact) mass is 571 g/mol. The molecule has 2 fully saturated rings. The van der Waals surface area contributed by atoms with Gasteiger partial charge in [0.05, 0.1) is 18.6 Å². The second kappa shape index (κ2) is 9.08.